The van der Waals surface area contributed by atoms with Crippen molar-refractivity contribution in [1.29, 1.82) is 0 Å². The van der Waals surface area contributed by atoms with Gasteiger partial charge in [-0.3, -0.25) is 14.8 Å². The molecule has 0 saturated carbocycles. The number of carbonyl (C=O) groups is 2. The third-order valence-corrected chi connectivity index (χ3v) is 4.99. The van der Waals surface area contributed by atoms with Crippen molar-refractivity contribution in [3.63, 3.8) is 0 Å². The maximum absolute atomic E-state index is 12.4. The zero-order chi connectivity index (χ0) is 21.3. The van der Waals surface area contributed by atoms with E-state index in [-0.39, 0.29) is 12.3 Å². The highest BCUT2D eigenvalue weighted by molar-refractivity contribution is 9.10. The number of para-hydroxylation sites is 1. The van der Waals surface area contributed by atoms with Crippen LogP contribution in [0.4, 0.5) is 0 Å². The van der Waals surface area contributed by atoms with Crippen molar-refractivity contribution in [2.24, 2.45) is 0 Å². The van der Waals surface area contributed by atoms with Crippen molar-refractivity contribution in [3.8, 4) is 5.75 Å². The van der Waals surface area contributed by atoms with E-state index in [0.29, 0.717) is 43.0 Å². The number of nitrogens with one attached hydrogen (secondary N) is 2. The molecule has 0 atom stereocenters. The van der Waals surface area contributed by atoms with Gasteiger partial charge in [0.25, 0.3) is 5.91 Å². The van der Waals surface area contributed by atoms with Gasteiger partial charge in [-0.05, 0) is 42.7 Å². The fourth-order valence-corrected chi connectivity index (χ4v) is 3.13. The van der Waals surface area contributed by atoms with Crippen LogP contribution in [-0.2, 0) is 11.4 Å². The molecule has 0 fully saturated rings. The highest BCUT2D eigenvalue weighted by atomic mass is 79.9. The summed E-state index contributed by atoms with van der Waals surface area (Å²) in [4.78, 5) is 27.9. The summed E-state index contributed by atoms with van der Waals surface area (Å²) in [7, 11) is 0. The van der Waals surface area contributed by atoms with E-state index in [2.05, 4.69) is 26.2 Å². The Morgan fingerprint density at radius 3 is 2.60 bits per heavy atom. The maximum Gasteiger partial charge on any atom is 0.269 e. The fraction of sp³-hybridized carbons (Fsp3) is 0.227. The molecule has 0 aliphatic rings. The second-order valence-corrected chi connectivity index (χ2v) is 7.60. The maximum atomic E-state index is 12.4. The highest BCUT2D eigenvalue weighted by Gasteiger charge is 2.11. The van der Waals surface area contributed by atoms with Crippen molar-refractivity contribution in [1.82, 2.24) is 15.8 Å². The molecule has 1 aromatic heterocycles. The van der Waals surface area contributed by atoms with E-state index in [9.17, 15) is 9.59 Å². The van der Waals surface area contributed by atoms with E-state index in [1.807, 2.05) is 48.5 Å². The molecule has 0 bridgehead atoms. The fourth-order valence-electron chi connectivity index (χ4n) is 2.86. The van der Waals surface area contributed by atoms with Crippen LogP contribution in [0.15, 0.2) is 59.1 Å². The molecule has 0 radical (unpaired) electrons. The number of ether oxygens (including phenoxy) is 1. The molecule has 0 unspecified atom stereocenters. The smallest absolute Gasteiger partial charge is 0.269 e. The first-order chi connectivity index (χ1) is 14.6. The van der Waals surface area contributed by atoms with Gasteiger partial charge in [-0.1, -0.05) is 46.3 Å². The van der Waals surface area contributed by atoms with Gasteiger partial charge in [0, 0.05) is 22.8 Å². The zero-order valence-electron chi connectivity index (χ0n) is 16.2. The summed E-state index contributed by atoms with van der Waals surface area (Å²) >= 11 is 3.42. The van der Waals surface area contributed by atoms with Gasteiger partial charge in [0.2, 0.25) is 5.91 Å². The molecule has 156 valence electrons. The van der Waals surface area contributed by atoms with Gasteiger partial charge in [0.15, 0.2) is 0 Å². The molecular weight excluding hydrogens is 450 g/mol. The van der Waals surface area contributed by atoms with Crippen molar-refractivity contribution in [2.45, 2.75) is 25.9 Å². The SMILES string of the molecule is O=C(CCCCNC(=O)c1ccc2cccc(OCc3ccc(Br)cc3)c2n1)NO. The molecule has 0 saturated heterocycles. The average molecular weight is 472 g/mol. The van der Waals surface area contributed by atoms with Crippen LogP contribution in [0.1, 0.15) is 35.3 Å². The number of hydrogen-bond acceptors (Lipinski definition) is 5. The van der Waals surface area contributed by atoms with E-state index in [0.717, 1.165) is 15.4 Å². The molecule has 2 amide bonds. The van der Waals surface area contributed by atoms with E-state index >= 15 is 0 Å². The molecule has 1 heterocycles. The summed E-state index contributed by atoms with van der Waals surface area (Å²) in [5, 5.41) is 12.1. The number of benzene rings is 2. The molecular formula is C22H22BrN3O4. The van der Waals surface area contributed by atoms with Crippen molar-refractivity contribution in [3.05, 3.63) is 70.3 Å². The van der Waals surface area contributed by atoms with Gasteiger partial charge >= 0.3 is 0 Å². The lowest BCUT2D eigenvalue weighted by Crippen LogP contribution is -2.26. The lowest BCUT2D eigenvalue weighted by atomic mass is 10.1. The Morgan fingerprint density at radius 1 is 1.03 bits per heavy atom. The van der Waals surface area contributed by atoms with Crippen LogP contribution in [0.2, 0.25) is 0 Å². The van der Waals surface area contributed by atoms with Crippen LogP contribution in [0.3, 0.4) is 0 Å². The number of halogens is 1. The molecule has 3 N–H and O–H groups in total. The van der Waals surface area contributed by atoms with E-state index in [1.54, 1.807) is 11.5 Å². The summed E-state index contributed by atoms with van der Waals surface area (Å²) in [5.74, 6) is -0.112. The molecule has 2 aromatic carbocycles. The first-order valence-corrected chi connectivity index (χ1v) is 10.3. The number of pyridine rings is 1. The Kier molecular flexibility index (Phi) is 7.75. The molecule has 3 rings (SSSR count). The quantitative estimate of drug-likeness (QED) is 0.249. The van der Waals surface area contributed by atoms with Gasteiger partial charge in [0.05, 0.1) is 0 Å². The largest absolute Gasteiger partial charge is 0.487 e. The molecule has 0 spiro atoms. The van der Waals surface area contributed by atoms with Gasteiger partial charge in [-0.2, -0.15) is 0 Å². The zero-order valence-corrected chi connectivity index (χ0v) is 17.8. The van der Waals surface area contributed by atoms with E-state index < -0.39 is 5.91 Å². The lowest BCUT2D eigenvalue weighted by molar-refractivity contribution is -0.129. The number of unbranched alkanes of at least 4 members (excludes halogenated alkanes) is 1. The number of fused-ring (bicyclic) bond motifs is 1. The van der Waals surface area contributed by atoms with Gasteiger partial charge < -0.3 is 10.1 Å². The second-order valence-electron chi connectivity index (χ2n) is 6.69. The minimum Gasteiger partial charge on any atom is -0.487 e. The summed E-state index contributed by atoms with van der Waals surface area (Å²) in [6.45, 7) is 0.810. The Labute approximate surface area is 182 Å². The van der Waals surface area contributed by atoms with Crippen molar-refractivity contribution < 1.29 is 19.5 Å². The summed E-state index contributed by atoms with van der Waals surface area (Å²) in [6.07, 6.45) is 1.39. The molecule has 0 aliphatic carbocycles. The first kappa shape index (κ1) is 21.7. The van der Waals surface area contributed by atoms with Crippen LogP contribution >= 0.6 is 15.9 Å². The topological polar surface area (TPSA) is 101 Å². The number of hydrogen-bond donors (Lipinski definition) is 3. The Hall–Kier alpha value is -2.97. The number of hydroxylamine groups is 1. The number of carbonyl (C=O) groups excluding carboxylic acids is 2. The second kappa shape index (κ2) is 10.7. The number of aromatic nitrogens is 1. The predicted molar refractivity (Wildman–Crippen MR) is 116 cm³/mol. The number of nitrogens with zero attached hydrogens (tertiary/aromatic N) is 1. The van der Waals surface area contributed by atoms with E-state index in [1.165, 1.54) is 0 Å². The normalized spacial score (nSPS) is 10.6. The van der Waals surface area contributed by atoms with E-state index in [4.69, 9.17) is 9.94 Å². The highest BCUT2D eigenvalue weighted by Crippen LogP contribution is 2.25. The summed E-state index contributed by atoms with van der Waals surface area (Å²) in [5.41, 5.74) is 3.54. The van der Waals surface area contributed by atoms with Crippen LogP contribution in [0, 0.1) is 0 Å². The molecule has 30 heavy (non-hydrogen) atoms. The molecule has 7 nitrogen and oxygen atoms in total. The van der Waals surface area contributed by atoms with Crippen molar-refractivity contribution in [2.75, 3.05) is 6.54 Å². The minimum atomic E-state index is -0.437. The summed E-state index contributed by atoms with van der Waals surface area (Å²) < 4.78 is 6.96. The monoisotopic (exact) mass is 471 g/mol. The van der Waals surface area contributed by atoms with Gasteiger partial charge in [-0.15, -0.1) is 0 Å². The Morgan fingerprint density at radius 2 is 1.83 bits per heavy atom. The van der Waals surface area contributed by atoms with Crippen LogP contribution in [0.25, 0.3) is 10.9 Å². The molecule has 0 aliphatic heterocycles. The Balaban J connectivity index is 1.64. The van der Waals surface area contributed by atoms with Crippen LogP contribution < -0.4 is 15.5 Å². The minimum absolute atomic E-state index is 0.208. The van der Waals surface area contributed by atoms with Crippen LogP contribution in [-0.4, -0.2) is 28.6 Å². The number of rotatable bonds is 9. The first-order valence-electron chi connectivity index (χ1n) is 9.55. The standard InChI is InChI=1S/C22H22BrN3O4/c23-17-10-7-15(8-11-17)14-30-19-5-3-4-16-9-12-18(25-21(16)19)22(28)24-13-2-1-6-20(27)26-29/h3-5,7-12,29H,1-2,6,13-14H2,(H,24,28)(H,26,27). The number of amides is 2. The average Bonchev–Trinajstić information content (AvgIpc) is 2.77. The van der Waals surface area contributed by atoms with Crippen molar-refractivity contribution >= 4 is 38.6 Å². The Bertz CT molecular complexity index is 1020. The molecule has 8 heteroatoms. The van der Waals surface area contributed by atoms with Gasteiger partial charge in [-0.25, -0.2) is 10.5 Å². The third-order valence-electron chi connectivity index (χ3n) is 4.46. The van der Waals surface area contributed by atoms with Gasteiger partial charge in [0.1, 0.15) is 23.6 Å². The molecule has 3 aromatic rings. The lowest BCUT2D eigenvalue weighted by Gasteiger charge is -2.10. The third kappa shape index (κ3) is 6.01. The predicted octanol–water partition coefficient (Wildman–Crippen LogP) is 3.98. The van der Waals surface area contributed by atoms with Crippen LogP contribution in [0.5, 0.6) is 5.75 Å². The summed E-state index contributed by atoms with van der Waals surface area (Å²) in [6, 6.07) is 17.0.